The lowest BCUT2D eigenvalue weighted by Gasteiger charge is -2.11. The van der Waals surface area contributed by atoms with E-state index in [9.17, 15) is 22.4 Å². The second-order valence-electron chi connectivity index (χ2n) is 6.70. The molecule has 4 rings (SSSR count). The van der Waals surface area contributed by atoms with Crippen molar-refractivity contribution in [3.8, 4) is 0 Å². The number of nitrogens with two attached hydrogens (primary N) is 1. The van der Waals surface area contributed by atoms with Gasteiger partial charge in [-0.1, -0.05) is 0 Å². The molecule has 2 aromatic heterocycles. The van der Waals surface area contributed by atoms with Gasteiger partial charge < -0.3 is 15.8 Å². The van der Waals surface area contributed by atoms with E-state index in [1.54, 1.807) is 13.0 Å². The summed E-state index contributed by atoms with van der Waals surface area (Å²) in [5.41, 5.74) is 6.22. The molecule has 0 spiro atoms. The standard InChI is InChI=1S/C21H16F4N4O2/c1-2-31-20(30)18-15-9-12(22)5-8-14(15)16-10-17(28-29(16)19(18)26)27-13-6-3-11(4-7-13)21(23,24)25/h3-10H,2,26H2,1H3,(H,27,28). The van der Waals surface area contributed by atoms with Crippen LogP contribution >= 0.6 is 0 Å². The number of benzene rings is 2. The van der Waals surface area contributed by atoms with Gasteiger partial charge in [0.05, 0.1) is 17.7 Å². The summed E-state index contributed by atoms with van der Waals surface area (Å²) in [5, 5.41) is 7.99. The number of fused-ring (bicyclic) bond motifs is 3. The van der Waals surface area contributed by atoms with Gasteiger partial charge in [0.25, 0.3) is 0 Å². The number of pyridine rings is 1. The van der Waals surface area contributed by atoms with E-state index in [0.29, 0.717) is 16.6 Å². The fourth-order valence-electron chi connectivity index (χ4n) is 3.32. The lowest BCUT2D eigenvalue weighted by atomic mass is 10.0. The van der Waals surface area contributed by atoms with E-state index < -0.39 is 23.5 Å². The predicted molar refractivity (Wildman–Crippen MR) is 108 cm³/mol. The van der Waals surface area contributed by atoms with Gasteiger partial charge in [-0.25, -0.2) is 13.7 Å². The van der Waals surface area contributed by atoms with Gasteiger partial charge in [-0.05, 0) is 49.4 Å². The molecule has 6 nitrogen and oxygen atoms in total. The molecule has 0 amide bonds. The average Bonchev–Trinajstić information content (AvgIpc) is 3.12. The monoisotopic (exact) mass is 432 g/mol. The Labute approximate surface area is 173 Å². The molecule has 0 saturated heterocycles. The zero-order valence-electron chi connectivity index (χ0n) is 16.1. The number of nitrogen functional groups attached to an aromatic ring is 1. The number of carbonyl (C=O) groups is 1. The van der Waals surface area contributed by atoms with Gasteiger partial charge in [0.1, 0.15) is 17.2 Å². The highest BCUT2D eigenvalue weighted by atomic mass is 19.4. The third-order valence-corrected chi connectivity index (χ3v) is 4.68. The maximum Gasteiger partial charge on any atom is 0.416 e. The molecule has 0 aliphatic heterocycles. The molecule has 160 valence electrons. The molecular weight excluding hydrogens is 416 g/mol. The Morgan fingerprint density at radius 3 is 2.48 bits per heavy atom. The van der Waals surface area contributed by atoms with Crippen LogP contribution in [-0.4, -0.2) is 22.2 Å². The number of hydrogen-bond donors (Lipinski definition) is 2. The van der Waals surface area contributed by atoms with Gasteiger partial charge in [-0.2, -0.15) is 13.2 Å². The Bertz CT molecular complexity index is 1300. The average molecular weight is 432 g/mol. The maximum absolute atomic E-state index is 13.9. The van der Waals surface area contributed by atoms with E-state index in [4.69, 9.17) is 10.5 Å². The summed E-state index contributed by atoms with van der Waals surface area (Å²) in [6, 6.07) is 9.96. The van der Waals surface area contributed by atoms with Gasteiger partial charge >= 0.3 is 12.1 Å². The maximum atomic E-state index is 13.9. The summed E-state index contributed by atoms with van der Waals surface area (Å²) in [6.07, 6.45) is -4.44. The largest absolute Gasteiger partial charge is 0.462 e. The van der Waals surface area contributed by atoms with E-state index in [1.165, 1.54) is 34.8 Å². The number of ether oxygens (including phenoxy) is 1. The normalized spacial score (nSPS) is 11.8. The van der Waals surface area contributed by atoms with E-state index in [0.717, 1.165) is 12.1 Å². The fourth-order valence-corrected chi connectivity index (χ4v) is 3.32. The lowest BCUT2D eigenvalue weighted by molar-refractivity contribution is -0.137. The molecule has 0 saturated carbocycles. The summed E-state index contributed by atoms with van der Waals surface area (Å²) in [5.74, 6) is -1.04. The molecule has 0 aliphatic rings. The molecule has 0 radical (unpaired) electrons. The van der Waals surface area contributed by atoms with Crippen molar-refractivity contribution in [2.24, 2.45) is 0 Å². The van der Waals surface area contributed by atoms with Crippen molar-refractivity contribution in [3.63, 3.8) is 0 Å². The van der Waals surface area contributed by atoms with Crippen LogP contribution in [0.3, 0.4) is 0 Å². The van der Waals surface area contributed by atoms with Crippen molar-refractivity contribution in [1.29, 1.82) is 0 Å². The molecule has 3 N–H and O–H groups in total. The Kier molecular flexibility index (Phi) is 4.92. The smallest absolute Gasteiger partial charge is 0.416 e. The first-order valence-corrected chi connectivity index (χ1v) is 9.21. The number of esters is 1. The van der Waals surface area contributed by atoms with E-state index in [-0.39, 0.29) is 29.2 Å². The molecule has 0 bridgehead atoms. The van der Waals surface area contributed by atoms with E-state index in [1.807, 2.05) is 0 Å². The minimum atomic E-state index is -4.44. The van der Waals surface area contributed by atoms with Crippen molar-refractivity contribution in [2.75, 3.05) is 17.7 Å². The Balaban J connectivity index is 1.82. The number of hydrogen-bond acceptors (Lipinski definition) is 5. The second kappa shape index (κ2) is 7.46. The zero-order chi connectivity index (χ0) is 22.3. The van der Waals surface area contributed by atoms with E-state index >= 15 is 0 Å². The number of rotatable bonds is 4. The number of nitrogens with one attached hydrogen (secondary N) is 1. The summed E-state index contributed by atoms with van der Waals surface area (Å²) in [7, 11) is 0. The highest BCUT2D eigenvalue weighted by Gasteiger charge is 2.30. The molecule has 31 heavy (non-hydrogen) atoms. The molecule has 4 aromatic rings. The summed E-state index contributed by atoms with van der Waals surface area (Å²) >= 11 is 0. The van der Waals surface area contributed by atoms with Crippen LogP contribution in [0.5, 0.6) is 0 Å². The fraction of sp³-hybridized carbons (Fsp3) is 0.143. The van der Waals surface area contributed by atoms with Crippen molar-refractivity contribution in [2.45, 2.75) is 13.1 Å². The van der Waals surface area contributed by atoms with Crippen LogP contribution in [0.2, 0.25) is 0 Å². The molecule has 0 aliphatic carbocycles. The molecule has 2 aromatic carbocycles. The first-order valence-electron chi connectivity index (χ1n) is 9.21. The van der Waals surface area contributed by atoms with Crippen molar-refractivity contribution in [1.82, 2.24) is 9.61 Å². The van der Waals surface area contributed by atoms with Crippen molar-refractivity contribution >= 4 is 39.6 Å². The van der Waals surface area contributed by atoms with Crippen LogP contribution in [0.1, 0.15) is 22.8 Å². The number of aromatic nitrogens is 2. The summed E-state index contributed by atoms with van der Waals surface area (Å²) < 4.78 is 58.5. The van der Waals surface area contributed by atoms with Crippen LogP contribution in [0.15, 0.2) is 48.5 Å². The summed E-state index contributed by atoms with van der Waals surface area (Å²) in [4.78, 5) is 12.5. The third kappa shape index (κ3) is 3.72. The SMILES string of the molecule is CCOC(=O)c1c(N)n2nc(Nc3ccc(C(F)(F)F)cc3)cc2c2ccc(F)cc12. The van der Waals surface area contributed by atoms with Crippen LogP contribution in [-0.2, 0) is 10.9 Å². The van der Waals surface area contributed by atoms with Gasteiger partial charge in [0.15, 0.2) is 5.82 Å². The minimum Gasteiger partial charge on any atom is -0.462 e. The predicted octanol–water partition coefficient (Wildman–Crippen LogP) is 5.15. The van der Waals surface area contributed by atoms with Gasteiger partial charge in [0, 0.05) is 22.5 Å². The molecule has 2 heterocycles. The number of anilines is 3. The Morgan fingerprint density at radius 1 is 1.13 bits per heavy atom. The van der Waals surface area contributed by atoms with Crippen LogP contribution in [0.25, 0.3) is 16.3 Å². The van der Waals surface area contributed by atoms with Crippen molar-refractivity contribution < 1.29 is 27.1 Å². The van der Waals surface area contributed by atoms with Crippen LogP contribution < -0.4 is 11.1 Å². The molecule has 0 unspecified atom stereocenters. The number of alkyl halides is 3. The molecule has 10 heteroatoms. The lowest BCUT2D eigenvalue weighted by Crippen LogP contribution is -2.13. The van der Waals surface area contributed by atoms with Crippen LogP contribution in [0, 0.1) is 5.82 Å². The van der Waals surface area contributed by atoms with Crippen LogP contribution in [0.4, 0.5) is 34.9 Å². The van der Waals surface area contributed by atoms with E-state index in [2.05, 4.69) is 10.4 Å². The first kappa shape index (κ1) is 20.5. The second-order valence-corrected chi connectivity index (χ2v) is 6.70. The molecule has 0 fully saturated rings. The number of carbonyl (C=O) groups excluding carboxylic acids is 1. The molecule has 0 atom stereocenters. The highest BCUT2D eigenvalue weighted by Crippen LogP contribution is 2.33. The summed E-state index contributed by atoms with van der Waals surface area (Å²) in [6.45, 7) is 1.74. The Morgan fingerprint density at radius 2 is 1.84 bits per heavy atom. The van der Waals surface area contributed by atoms with Crippen molar-refractivity contribution in [3.05, 3.63) is 65.5 Å². The van der Waals surface area contributed by atoms with Gasteiger partial charge in [-0.15, -0.1) is 5.10 Å². The topological polar surface area (TPSA) is 81.7 Å². The quantitative estimate of drug-likeness (QED) is 0.344. The van der Waals surface area contributed by atoms with Gasteiger partial charge in [-0.3, -0.25) is 0 Å². The van der Waals surface area contributed by atoms with Gasteiger partial charge in [0.2, 0.25) is 0 Å². The number of nitrogens with zero attached hydrogens (tertiary/aromatic N) is 2. The Hall–Kier alpha value is -3.82. The molecular formula is C21H16F4N4O2. The third-order valence-electron chi connectivity index (χ3n) is 4.68. The highest BCUT2D eigenvalue weighted by molar-refractivity contribution is 6.12. The zero-order valence-corrected chi connectivity index (χ0v) is 16.1. The minimum absolute atomic E-state index is 0.0203. The number of halogens is 4. The first-order chi connectivity index (χ1) is 14.7.